The molecule has 2 rings (SSSR count). The van der Waals surface area contributed by atoms with Crippen LogP contribution in [0.3, 0.4) is 0 Å². The topological polar surface area (TPSA) is 33.6 Å². The van der Waals surface area contributed by atoms with Gasteiger partial charge in [0.1, 0.15) is 5.82 Å². The Morgan fingerprint density at radius 2 is 2.31 bits per heavy atom. The fourth-order valence-corrected chi connectivity index (χ4v) is 2.28. The summed E-state index contributed by atoms with van der Waals surface area (Å²) in [6, 6.07) is 0. The highest BCUT2D eigenvalue weighted by Crippen LogP contribution is 2.37. The number of hydrogen-bond donors (Lipinski definition) is 1. The van der Waals surface area contributed by atoms with Crippen molar-refractivity contribution in [1.29, 1.82) is 0 Å². The lowest BCUT2D eigenvalue weighted by atomic mass is 9.98. The number of nitrogens with zero attached hydrogens (tertiary/aromatic N) is 2. The predicted octanol–water partition coefficient (Wildman–Crippen LogP) is 2.38. The molecule has 0 aromatic carbocycles. The van der Waals surface area contributed by atoms with Crippen molar-refractivity contribution in [3.63, 3.8) is 0 Å². The smallest absolute Gasteiger partial charge is 0.215 e. The van der Waals surface area contributed by atoms with Crippen LogP contribution in [0.15, 0.2) is 0 Å². The summed E-state index contributed by atoms with van der Waals surface area (Å²) in [7, 11) is 1.92. The van der Waals surface area contributed by atoms with E-state index >= 15 is 0 Å². The normalized spacial score (nSPS) is 28.2. The molecule has 0 spiro atoms. The molecule has 0 aliphatic heterocycles. The molecule has 2 atom stereocenters. The van der Waals surface area contributed by atoms with Gasteiger partial charge in [-0.15, -0.1) is 0 Å². The second kappa shape index (κ2) is 3.25. The maximum atomic E-state index is 5.07. The quantitative estimate of drug-likeness (QED) is 0.701. The Bertz CT molecular complexity index is 352. The largest absolute Gasteiger partial charge is 0.283 e. The summed E-state index contributed by atoms with van der Waals surface area (Å²) in [5, 5.41) is 3.22. The first kappa shape index (κ1) is 8.94. The Hall–Kier alpha value is -0.640. The van der Waals surface area contributed by atoms with Gasteiger partial charge < -0.3 is 0 Å². The predicted molar refractivity (Wildman–Crippen MR) is 54.1 cm³/mol. The lowest BCUT2D eigenvalue weighted by Gasteiger charge is -2.10. The molecule has 1 saturated carbocycles. The molecule has 72 valence electrons. The maximum absolute atomic E-state index is 5.07. The third-order valence-corrected chi connectivity index (χ3v) is 3.36. The minimum atomic E-state index is 0.600. The van der Waals surface area contributed by atoms with Gasteiger partial charge in [-0.2, -0.15) is 0 Å². The molecule has 1 heterocycles. The summed E-state index contributed by atoms with van der Waals surface area (Å²) < 4.78 is 2.48. The van der Waals surface area contributed by atoms with E-state index in [0.717, 1.165) is 11.7 Å². The molecule has 1 fully saturated rings. The van der Waals surface area contributed by atoms with Gasteiger partial charge in [-0.05, 0) is 31.0 Å². The van der Waals surface area contributed by atoms with Gasteiger partial charge in [-0.25, -0.2) is 4.98 Å². The highest BCUT2D eigenvalue weighted by molar-refractivity contribution is 7.71. The summed E-state index contributed by atoms with van der Waals surface area (Å²) in [5.74, 6) is 2.43. The summed E-state index contributed by atoms with van der Waals surface area (Å²) in [4.78, 5) is 4.36. The van der Waals surface area contributed by atoms with Crippen LogP contribution in [0.4, 0.5) is 0 Å². The van der Waals surface area contributed by atoms with Crippen molar-refractivity contribution >= 4 is 12.2 Å². The highest BCUT2D eigenvalue weighted by Gasteiger charge is 2.27. The van der Waals surface area contributed by atoms with Crippen LogP contribution in [0.25, 0.3) is 0 Å². The van der Waals surface area contributed by atoms with E-state index in [4.69, 9.17) is 12.2 Å². The molecule has 1 aromatic heterocycles. The van der Waals surface area contributed by atoms with Crippen molar-refractivity contribution in [3.8, 4) is 0 Å². The van der Waals surface area contributed by atoms with Crippen LogP contribution in [0.2, 0.25) is 0 Å². The zero-order valence-corrected chi connectivity index (χ0v) is 8.90. The molecule has 2 unspecified atom stereocenters. The first-order valence-corrected chi connectivity index (χ1v) is 5.22. The number of H-pyrrole nitrogens is 1. The lowest BCUT2D eigenvalue weighted by molar-refractivity contribution is 0.506. The number of aromatic amines is 1. The lowest BCUT2D eigenvalue weighted by Crippen LogP contribution is -2.04. The average molecular weight is 197 g/mol. The second-order valence-electron chi connectivity index (χ2n) is 3.97. The summed E-state index contributed by atoms with van der Waals surface area (Å²) in [6.07, 6.45) is 3.90. The van der Waals surface area contributed by atoms with Gasteiger partial charge in [0.2, 0.25) is 4.77 Å². The number of hydrogen-bond acceptors (Lipinski definition) is 2. The van der Waals surface area contributed by atoms with E-state index in [1.165, 1.54) is 19.3 Å². The fraction of sp³-hybridized carbons (Fsp3) is 0.778. The van der Waals surface area contributed by atoms with E-state index in [9.17, 15) is 0 Å². The zero-order valence-electron chi connectivity index (χ0n) is 8.08. The third kappa shape index (κ3) is 1.55. The van der Waals surface area contributed by atoms with E-state index in [-0.39, 0.29) is 0 Å². The average Bonchev–Trinajstić information content (AvgIpc) is 2.60. The van der Waals surface area contributed by atoms with Crippen LogP contribution in [-0.4, -0.2) is 14.8 Å². The van der Waals surface area contributed by atoms with Gasteiger partial charge in [0, 0.05) is 13.0 Å². The van der Waals surface area contributed by atoms with Crippen molar-refractivity contribution < 1.29 is 0 Å². The molecule has 1 aliphatic carbocycles. The van der Waals surface area contributed by atoms with Crippen LogP contribution in [-0.2, 0) is 7.05 Å². The molecule has 1 aliphatic rings. The van der Waals surface area contributed by atoms with E-state index < -0.39 is 0 Å². The van der Waals surface area contributed by atoms with Crippen LogP contribution in [0.5, 0.6) is 0 Å². The van der Waals surface area contributed by atoms with Crippen LogP contribution < -0.4 is 0 Å². The number of nitrogens with one attached hydrogen (secondary N) is 1. The molecular formula is C9H15N3S. The van der Waals surface area contributed by atoms with E-state index in [2.05, 4.69) is 17.0 Å². The van der Waals surface area contributed by atoms with E-state index in [0.29, 0.717) is 10.7 Å². The van der Waals surface area contributed by atoms with Gasteiger partial charge in [-0.1, -0.05) is 13.3 Å². The van der Waals surface area contributed by atoms with Crippen LogP contribution in [0.1, 0.15) is 37.9 Å². The molecule has 0 radical (unpaired) electrons. The van der Waals surface area contributed by atoms with Gasteiger partial charge in [0.15, 0.2) is 0 Å². The molecule has 0 amide bonds. The standard InChI is InChI=1S/C9H15N3S/c1-6-4-3-5-7(6)8-10-9(13)12(2)11-8/h6-7H,3-5H2,1-2H3,(H,10,11,13). The van der Waals surface area contributed by atoms with Crippen LogP contribution >= 0.6 is 12.2 Å². The molecular weight excluding hydrogens is 182 g/mol. The summed E-state index contributed by atoms with van der Waals surface area (Å²) in [5.41, 5.74) is 0. The Morgan fingerprint density at radius 3 is 2.77 bits per heavy atom. The zero-order chi connectivity index (χ0) is 9.42. The first-order valence-electron chi connectivity index (χ1n) is 4.81. The molecule has 3 nitrogen and oxygen atoms in total. The van der Waals surface area contributed by atoms with Crippen molar-refractivity contribution in [2.24, 2.45) is 13.0 Å². The Balaban J connectivity index is 2.29. The molecule has 13 heavy (non-hydrogen) atoms. The van der Waals surface area contributed by atoms with Gasteiger partial charge in [0.25, 0.3) is 0 Å². The van der Waals surface area contributed by atoms with Crippen molar-refractivity contribution in [2.45, 2.75) is 32.1 Å². The van der Waals surface area contributed by atoms with Crippen molar-refractivity contribution in [2.75, 3.05) is 0 Å². The third-order valence-electron chi connectivity index (χ3n) is 3.00. The van der Waals surface area contributed by atoms with E-state index in [1.807, 2.05) is 11.7 Å². The maximum Gasteiger partial charge on any atom is 0.215 e. The minimum absolute atomic E-state index is 0.600. The number of rotatable bonds is 1. The second-order valence-corrected chi connectivity index (χ2v) is 4.33. The number of aromatic nitrogens is 3. The molecule has 0 saturated heterocycles. The number of aryl methyl sites for hydroxylation is 1. The monoisotopic (exact) mass is 197 g/mol. The van der Waals surface area contributed by atoms with Gasteiger partial charge in [0.05, 0.1) is 0 Å². The Labute approximate surface area is 83.2 Å². The van der Waals surface area contributed by atoms with E-state index in [1.54, 1.807) is 0 Å². The molecule has 4 heteroatoms. The molecule has 1 N–H and O–H groups in total. The SMILES string of the molecule is CC1CCCC1c1nc(=S)n(C)[nH]1. The minimum Gasteiger partial charge on any atom is -0.283 e. The van der Waals surface area contributed by atoms with Crippen molar-refractivity contribution in [1.82, 2.24) is 14.8 Å². The first-order chi connectivity index (χ1) is 6.18. The van der Waals surface area contributed by atoms with Crippen LogP contribution in [0, 0.1) is 10.7 Å². The highest BCUT2D eigenvalue weighted by atomic mass is 32.1. The summed E-state index contributed by atoms with van der Waals surface area (Å²) >= 11 is 5.07. The fourth-order valence-electron chi connectivity index (χ4n) is 2.14. The summed E-state index contributed by atoms with van der Waals surface area (Å²) in [6.45, 7) is 2.29. The molecule has 0 bridgehead atoms. The van der Waals surface area contributed by atoms with Crippen molar-refractivity contribution in [3.05, 3.63) is 10.6 Å². The Morgan fingerprint density at radius 1 is 1.54 bits per heavy atom. The Kier molecular flexibility index (Phi) is 2.24. The van der Waals surface area contributed by atoms with Gasteiger partial charge >= 0.3 is 0 Å². The molecule has 1 aromatic rings. The van der Waals surface area contributed by atoms with Gasteiger partial charge in [-0.3, -0.25) is 9.78 Å².